The number of ether oxygens (including phenoxy) is 1. The topological polar surface area (TPSA) is 70.7 Å². The lowest BCUT2D eigenvalue weighted by Crippen LogP contribution is -2.56. The fraction of sp³-hybridized carbons (Fsp3) is 0.222. The van der Waals surface area contributed by atoms with Crippen LogP contribution in [0, 0.1) is 0 Å². The van der Waals surface area contributed by atoms with Crippen LogP contribution in [0.25, 0.3) is 0 Å². The second kappa shape index (κ2) is 5.88. The first-order chi connectivity index (χ1) is 11.4. The molecule has 124 valence electrons. The number of nitrogens with zero attached hydrogens (tertiary/aromatic N) is 1. The van der Waals surface area contributed by atoms with E-state index in [-0.39, 0.29) is 0 Å². The van der Waals surface area contributed by atoms with E-state index >= 15 is 0 Å². The lowest BCUT2D eigenvalue weighted by Gasteiger charge is -2.33. The summed E-state index contributed by atoms with van der Waals surface area (Å²) >= 11 is 0. The monoisotopic (exact) mass is 325 g/mol. The highest BCUT2D eigenvalue weighted by molar-refractivity contribution is 6.19. The largest absolute Gasteiger partial charge is 0.466 e. The lowest BCUT2D eigenvalue weighted by atomic mass is 10.0. The number of rotatable bonds is 3. The summed E-state index contributed by atoms with van der Waals surface area (Å²) in [7, 11) is 3.87. The van der Waals surface area contributed by atoms with Crippen molar-refractivity contribution >= 4 is 28.9 Å². The van der Waals surface area contributed by atoms with Gasteiger partial charge in [-0.3, -0.25) is 9.59 Å². The third-order valence-corrected chi connectivity index (χ3v) is 3.96. The van der Waals surface area contributed by atoms with Crippen LogP contribution in [0.1, 0.15) is 6.92 Å². The molecule has 0 aliphatic carbocycles. The normalized spacial score (nSPS) is 18.9. The second-order valence-corrected chi connectivity index (χ2v) is 5.98. The summed E-state index contributed by atoms with van der Waals surface area (Å²) in [5.41, 5.74) is 0.541. The van der Waals surface area contributed by atoms with Gasteiger partial charge in [0.25, 0.3) is 17.4 Å². The Morgan fingerprint density at radius 1 is 1.12 bits per heavy atom. The highest BCUT2D eigenvalue weighted by atomic mass is 16.5. The molecule has 2 N–H and O–H groups in total. The standard InChI is InChI=1S/C18H19N3O3/c1-18(17(23)20-14-6-4-5-7-15(14)24-18)16(22)19-12-8-10-13(11-9-12)21(2)3/h4-11H,1-3H3,(H,19,22)(H,20,23). The number of anilines is 3. The molecule has 1 aliphatic heterocycles. The highest BCUT2D eigenvalue weighted by Crippen LogP contribution is 2.33. The van der Waals surface area contributed by atoms with Gasteiger partial charge < -0.3 is 20.3 Å². The molecular weight excluding hydrogens is 306 g/mol. The zero-order valence-corrected chi connectivity index (χ0v) is 13.8. The van der Waals surface area contributed by atoms with Crippen molar-refractivity contribution in [2.24, 2.45) is 0 Å². The number of amides is 2. The molecule has 6 heteroatoms. The first-order valence-electron chi connectivity index (χ1n) is 7.58. The molecule has 24 heavy (non-hydrogen) atoms. The van der Waals surface area contributed by atoms with Gasteiger partial charge in [-0.15, -0.1) is 0 Å². The summed E-state index contributed by atoms with van der Waals surface area (Å²) < 4.78 is 5.70. The molecule has 3 rings (SSSR count). The first kappa shape index (κ1) is 15.9. The zero-order chi connectivity index (χ0) is 17.3. The first-order valence-corrected chi connectivity index (χ1v) is 7.58. The molecule has 0 aromatic heterocycles. The molecule has 0 saturated carbocycles. The molecule has 0 fully saturated rings. The van der Waals surface area contributed by atoms with Crippen molar-refractivity contribution in [2.45, 2.75) is 12.5 Å². The van der Waals surface area contributed by atoms with E-state index in [4.69, 9.17) is 4.74 Å². The minimum Gasteiger partial charge on any atom is -0.466 e. The molecule has 0 spiro atoms. The Kier molecular flexibility index (Phi) is 3.89. The predicted octanol–water partition coefficient (Wildman–Crippen LogP) is 2.48. The van der Waals surface area contributed by atoms with E-state index in [9.17, 15) is 9.59 Å². The van der Waals surface area contributed by atoms with Crippen LogP contribution in [-0.2, 0) is 9.59 Å². The summed E-state index contributed by atoms with van der Waals surface area (Å²) in [4.78, 5) is 26.9. The summed E-state index contributed by atoms with van der Waals surface area (Å²) in [6.45, 7) is 1.46. The van der Waals surface area contributed by atoms with Crippen LogP contribution in [-0.4, -0.2) is 31.5 Å². The van der Waals surface area contributed by atoms with Crippen molar-refractivity contribution in [3.63, 3.8) is 0 Å². The quantitative estimate of drug-likeness (QED) is 0.851. The summed E-state index contributed by atoms with van der Waals surface area (Å²) in [5.74, 6) is -0.548. The molecule has 2 aromatic rings. The van der Waals surface area contributed by atoms with Gasteiger partial charge in [-0.05, 0) is 43.3 Å². The molecule has 1 atom stereocenters. The van der Waals surface area contributed by atoms with Crippen LogP contribution in [0.3, 0.4) is 0 Å². The van der Waals surface area contributed by atoms with Crippen LogP contribution < -0.4 is 20.3 Å². The van der Waals surface area contributed by atoms with E-state index < -0.39 is 17.4 Å². The molecule has 1 unspecified atom stereocenters. The minimum atomic E-state index is -1.63. The Morgan fingerprint density at radius 3 is 2.46 bits per heavy atom. The van der Waals surface area contributed by atoms with E-state index in [1.165, 1.54) is 6.92 Å². The smallest absolute Gasteiger partial charge is 0.278 e. The average Bonchev–Trinajstić information content (AvgIpc) is 2.56. The van der Waals surface area contributed by atoms with Gasteiger partial charge in [0, 0.05) is 25.5 Å². The molecule has 2 amide bonds. The van der Waals surface area contributed by atoms with Crippen molar-refractivity contribution in [3.8, 4) is 5.75 Å². The van der Waals surface area contributed by atoms with Gasteiger partial charge in [0.2, 0.25) is 0 Å². The number of carbonyl (C=O) groups is 2. The number of carbonyl (C=O) groups excluding carboxylic acids is 2. The minimum absolute atomic E-state index is 0.470. The van der Waals surface area contributed by atoms with Crippen LogP contribution in [0.4, 0.5) is 17.1 Å². The number of nitrogens with one attached hydrogen (secondary N) is 2. The van der Waals surface area contributed by atoms with Gasteiger partial charge in [-0.1, -0.05) is 12.1 Å². The molecule has 2 aromatic carbocycles. The molecule has 0 radical (unpaired) electrons. The Balaban J connectivity index is 1.80. The number of para-hydroxylation sites is 2. The van der Waals surface area contributed by atoms with Crippen molar-refractivity contribution < 1.29 is 14.3 Å². The van der Waals surface area contributed by atoms with Crippen LogP contribution in [0.2, 0.25) is 0 Å². The van der Waals surface area contributed by atoms with E-state index in [0.717, 1.165) is 5.69 Å². The zero-order valence-electron chi connectivity index (χ0n) is 13.8. The molecule has 0 bridgehead atoms. The van der Waals surface area contributed by atoms with Crippen molar-refractivity contribution in [3.05, 3.63) is 48.5 Å². The number of hydrogen-bond acceptors (Lipinski definition) is 4. The summed E-state index contributed by atoms with van der Waals surface area (Å²) in [6, 6.07) is 14.4. The summed E-state index contributed by atoms with van der Waals surface area (Å²) in [5, 5.41) is 5.45. The predicted molar refractivity (Wildman–Crippen MR) is 93.5 cm³/mol. The van der Waals surface area contributed by atoms with E-state index in [2.05, 4.69) is 10.6 Å². The van der Waals surface area contributed by atoms with Crippen molar-refractivity contribution in [1.82, 2.24) is 0 Å². The number of benzene rings is 2. The van der Waals surface area contributed by atoms with Crippen LogP contribution in [0.5, 0.6) is 5.75 Å². The maximum absolute atomic E-state index is 12.6. The highest BCUT2D eigenvalue weighted by Gasteiger charge is 2.47. The van der Waals surface area contributed by atoms with Gasteiger partial charge in [0.05, 0.1) is 5.69 Å². The van der Waals surface area contributed by atoms with Gasteiger partial charge in [-0.25, -0.2) is 0 Å². The third-order valence-electron chi connectivity index (χ3n) is 3.96. The molecular formula is C18H19N3O3. The number of fused-ring (bicyclic) bond motifs is 1. The van der Waals surface area contributed by atoms with Gasteiger partial charge in [0.15, 0.2) is 0 Å². The van der Waals surface area contributed by atoms with Gasteiger partial charge in [-0.2, -0.15) is 0 Å². The van der Waals surface area contributed by atoms with E-state index in [1.54, 1.807) is 36.4 Å². The second-order valence-electron chi connectivity index (χ2n) is 5.98. The molecule has 1 heterocycles. The maximum atomic E-state index is 12.6. The Bertz CT molecular complexity index is 786. The Hall–Kier alpha value is -3.02. The Morgan fingerprint density at radius 2 is 1.79 bits per heavy atom. The summed E-state index contributed by atoms with van der Waals surface area (Å²) in [6.07, 6.45) is 0. The Labute approximate surface area is 140 Å². The number of hydrogen-bond donors (Lipinski definition) is 2. The van der Waals surface area contributed by atoms with Gasteiger partial charge >= 0.3 is 0 Å². The molecule has 0 saturated heterocycles. The molecule has 6 nitrogen and oxygen atoms in total. The average molecular weight is 325 g/mol. The van der Waals surface area contributed by atoms with Crippen LogP contribution in [0.15, 0.2) is 48.5 Å². The van der Waals surface area contributed by atoms with Crippen molar-refractivity contribution in [1.29, 1.82) is 0 Å². The SMILES string of the molecule is CN(C)c1ccc(NC(=O)C2(C)Oc3ccccc3NC2=O)cc1. The maximum Gasteiger partial charge on any atom is 0.278 e. The fourth-order valence-corrected chi connectivity index (χ4v) is 2.41. The fourth-order valence-electron chi connectivity index (χ4n) is 2.41. The van der Waals surface area contributed by atoms with E-state index in [1.807, 2.05) is 31.1 Å². The third kappa shape index (κ3) is 2.78. The van der Waals surface area contributed by atoms with Gasteiger partial charge in [0.1, 0.15) is 5.75 Å². The lowest BCUT2D eigenvalue weighted by molar-refractivity contribution is -0.143. The van der Waals surface area contributed by atoms with Crippen molar-refractivity contribution in [2.75, 3.05) is 29.6 Å². The van der Waals surface area contributed by atoms with E-state index in [0.29, 0.717) is 17.1 Å². The van der Waals surface area contributed by atoms with Crippen LogP contribution >= 0.6 is 0 Å². The molecule has 1 aliphatic rings.